The molecule has 2 amide bonds. The average molecular weight is 347 g/mol. The summed E-state index contributed by atoms with van der Waals surface area (Å²) in [5.74, 6) is -0.140. The van der Waals surface area contributed by atoms with E-state index in [-0.39, 0.29) is 42.8 Å². The fourth-order valence-corrected chi connectivity index (χ4v) is 3.80. The van der Waals surface area contributed by atoms with Gasteiger partial charge in [-0.2, -0.15) is 0 Å². The molecular weight excluding hydrogens is 329 g/mol. The fraction of sp³-hybridized carbons (Fsp3) is 0.471. The lowest BCUT2D eigenvalue weighted by Crippen LogP contribution is -2.53. The standard InChI is InChI=1S/C17H18FN3O4/c18-14-4-7-20(16(23)13-3-6-19-25-13)10-17(14)5-8-21(11-17)15(22)12-2-1-9-24-12/h1-3,6,9,14H,4-5,7-8,10-11H2/t14-,17+/m0/s1. The van der Waals surface area contributed by atoms with Crippen LogP contribution >= 0.6 is 0 Å². The molecule has 2 aromatic heterocycles. The monoisotopic (exact) mass is 347 g/mol. The van der Waals surface area contributed by atoms with Gasteiger partial charge < -0.3 is 18.7 Å². The summed E-state index contributed by atoms with van der Waals surface area (Å²) in [5, 5.41) is 3.55. The second kappa shape index (κ2) is 6.02. The smallest absolute Gasteiger partial charge is 0.292 e. The Labute approximate surface area is 143 Å². The zero-order chi connectivity index (χ0) is 17.4. The molecule has 7 nitrogen and oxygen atoms in total. The second-order valence-electron chi connectivity index (χ2n) is 6.68. The van der Waals surface area contributed by atoms with E-state index in [4.69, 9.17) is 8.94 Å². The van der Waals surface area contributed by atoms with Gasteiger partial charge in [-0.15, -0.1) is 0 Å². The maximum atomic E-state index is 14.8. The number of furan rings is 1. The number of nitrogens with zero attached hydrogens (tertiary/aromatic N) is 3. The SMILES string of the molecule is O=C(c1ccco1)N1CC[C@]2(C1)CN(C(=O)c1ccno1)CC[C@@H]2F. The number of carbonyl (C=O) groups excluding carboxylic acids is 2. The largest absolute Gasteiger partial charge is 0.459 e. The van der Waals surface area contributed by atoms with Crippen LogP contribution in [0.5, 0.6) is 0 Å². The maximum Gasteiger partial charge on any atom is 0.292 e. The molecule has 0 aliphatic carbocycles. The van der Waals surface area contributed by atoms with Crippen molar-refractivity contribution in [3.05, 3.63) is 42.2 Å². The number of rotatable bonds is 2. The summed E-state index contributed by atoms with van der Waals surface area (Å²) in [6.45, 7) is 1.31. The maximum absolute atomic E-state index is 14.8. The third kappa shape index (κ3) is 2.71. The van der Waals surface area contributed by atoms with Gasteiger partial charge in [0, 0.05) is 37.7 Å². The predicted molar refractivity (Wildman–Crippen MR) is 83.6 cm³/mol. The zero-order valence-corrected chi connectivity index (χ0v) is 13.6. The molecule has 4 rings (SSSR count). The molecule has 0 radical (unpaired) electrons. The van der Waals surface area contributed by atoms with Crippen molar-refractivity contribution in [1.29, 1.82) is 0 Å². The van der Waals surface area contributed by atoms with Crippen LogP contribution in [0.2, 0.25) is 0 Å². The van der Waals surface area contributed by atoms with E-state index < -0.39 is 11.6 Å². The minimum atomic E-state index is -1.05. The quantitative estimate of drug-likeness (QED) is 0.830. The number of halogens is 1. The summed E-state index contributed by atoms with van der Waals surface area (Å²) in [6.07, 6.45) is 2.56. The first kappa shape index (κ1) is 15.9. The number of aromatic nitrogens is 1. The molecule has 0 unspecified atom stereocenters. The first-order valence-corrected chi connectivity index (χ1v) is 8.26. The molecule has 0 saturated carbocycles. The fourth-order valence-electron chi connectivity index (χ4n) is 3.80. The van der Waals surface area contributed by atoms with Crippen molar-refractivity contribution >= 4 is 11.8 Å². The molecule has 2 saturated heterocycles. The van der Waals surface area contributed by atoms with Gasteiger partial charge in [-0.25, -0.2) is 4.39 Å². The molecular formula is C17H18FN3O4. The minimum Gasteiger partial charge on any atom is -0.459 e. The first-order valence-electron chi connectivity index (χ1n) is 8.26. The average Bonchev–Trinajstić information content (AvgIpc) is 3.38. The summed E-state index contributed by atoms with van der Waals surface area (Å²) in [5.41, 5.74) is -0.740. The molecule has 0 N–H and O–H groups in total. The van der Waals surface area contributed by atoms with E-state index in [2.05, 4.69) is 5.16 Å². The Kier molecular flexibility index (Phi) is 3.82. The van der Waals surface area contributed by atoms with Crippen LogP contribution < -0.4 is 0 Å². The lowest BCUT2D eigenvalue weighted by molar-refractivity contribution is 0.00922. The molecule has 0 aromatic carbocycles. The summed E-state index contributed by atoms with van der Waals surface area (Å²) >= 11 is 0. The number of piperidine rings is 1. The number of amides is 2. The highest BCUT2D eigenvalue weighted by atomic mass is 19.1. The van der Waals surface area contributed by atoms with E-state index >= 15 is 0 Å². The topological polar surface area (TPSA) is 79.8 Å². The highest BCUT2D eigenvalue weighted by molar-refractivity contribution is 5.92. The molecule has 25 heavy (non-hydrogen) atoms. The number of alkyl halides is 1. The lowest BCUT2D eigenvalue weighted by Gasteiger charge is -2.42. The van der Waals surface area contributed by atoms with Crippen molar-refractivity contribution in [2.24, 2.45) is 5.41 Å². The summed E-state index contributed by atoms with van der Waals surface area (Å²) < 4.78 is 24.8. The molecule has 2 aliphatic heterocycles. The van der Waals surface area contributed by atoms with Crippen LogP contribution in [0.25, 0.3) is 0 Å². The summed E-state index contributed by atoms with van der Waals surface area (Å²) in [6, 6.07) is 4.74. The normalized spacial score (nSPS) is 26.4. The molecule has 1 spiro atoms. The van der Waals surface area contributed by atoms with Crippen LogP contribution in [0.4, 0.5) is 4.39 Å². The number of carbonyl (C=O) groups is 2. The summed E-state index contributed by atoms with van der Waals surface area (Å²) in [7, 11) is 0. The van der Waals surface area contributed by atoms with Gasteiger partial charge in [-0.3, -0.25) is 9.59 Å². The van der Waals surface area contributed by atoms with Crippen molar-refractivity contribution in [2.75, 3.05) is 26.2 Å². The molecule has 132 valence electrons. The van der Waals surface area contributed by atoms with Crippen LogP contribution in [0.1, 0.15) is 34.0 Å². The number of hydrogen-bond donors (Lipinski definition) is 0. The van der Waals surface area contributed by atoms with Crippen LogP contribution in [-0.2, 0) is 0 Å². The van der Waals surface area contributed by atoms with E-state index in [0.717, 1.165) is 0 Å². The van der Waals surface area contributed by atoms with Crippen LogP contribution in [0.15, 0.2) is 39.6 Å². The van der Waals surface area contributed by atoms with Gasteiger partial charge in [0.25, 0.3) is 11.8 Å². The summed E-state index contributed by atoms with van der Waals surface area (Å²) in [4.78, 5) is 28.1. The zero-order valence-electron chi connectivity index (χ0n) is 13.6. The Bertz CT molecular complexity index is 761. The molecule has 2 aliphatic rings. The third-order valence-corrected chi connectivity index (χ3v) is 5.16. The van der Waals surface area contributed by atoms with Crippen molar-refractivity contribution < 1.29 is 22.9 Å². The van der Waals surface area contributed by atoms with E-state index in [1.54, 1.807) is 21.9 Å². The first-order chi connectivity index (χ1) is 12.1. The van der Waals surface area contributed by atoms with Gasteiger partial charge in [-0.05, 0) is 25.0 Å². The Morgan fingerprint density at radius 2 is 1.92 bits per heavy atom. The van der Waals surface area contributed by atoms with Crippen LogP contribution in [0, 0.1) is 5.41 Å². The highest BCUT2D eigenvalue weighted by Crippen LogP contribution is 2.41. The molecule has 2 atom stereocenters. The van der Waals surface area contributed by atoms with E-state index in [1.165, 1.54) is 18.5 Å². The highest BCUT2D eigenvalue weighted by Gasteiger charge is 2.50. The second-order valence-corrected chi connectivity index (χ2v) is 6.68. The number of likely N-dealkylation sites (tertiary alicyclic amines) is 2. The van der Waals surface area contributed by atoms with Crippen LogP contribution in [0.3, 0.4) is 0 Å². The third-order valence-electron chi connectivity index (χ3n) is 5.16. The van der Waals surface area contributed by atoms with Gasteiger partial charge in [0.15, 0.2) is 5.76 Å². The van der Waals surface area contributed by atoms with Crippen molar-refractivity contribution in [3.8, 4) is 0 Å². The van der Waals surface area contributed by atoms with Crippen molar-refractivity contribution in [3.63, 3.8) is 0 Å². The van der Waals surface area contributed by atoms with Crippen molar-refractivity contribution in [1.82, 2.24) is 15.0 Å². The van der Waals surface area contributed by atoms with Gasteiger partial charge >= 0.3 is 0 Å². The van der Waals surface area contributed by atoms with Crippen molar-refractivity contribution in [2.45, 2.75) is 19.0 Å². The van der Waals surface area contributed by atoms with E-state index in [9.17, 15) is 14.0 Å². The van der Waals surface area contributed by atoms with E-state index in [1.807, 2.05) is 0 Å². The Morgan fingerprint density at radius 3 is 2.60 bits per heavy atom. The van der Waals surface area contributed by atoms with Gasteiger partial charge in [0.05, 0.1) is 12.5 Å². The minimum absolute atomic E-state index is 0.147. The lowest BCUT2D eigenvalue weighted by atomic mass is 9.77. The molecule has 4 heterocycles. The molecule has 8 heteroatoms. The predicted octanol–water partition coefficient (Wildman–Crippen LogP) is 1.98. The van der Waals surface area contributed by atoms with Crippen LogP contribution in [-0.4, -0.2) is 59.1 Å². The van der Waals surface area contributed by atoms with Gasteiger partial charge in [0.1, 0.15) is 6.17 Å². The van der Waals surface area contributed by atoms with Gasteiger partial charge in [-0.1, -0.05) is 5.16 Å². The van der Waals surface area contributed by atoms with Gasteiger partial charge in [0.2, 0.25) is 5.76 Å². The molecule has 0 bridgehead atoms. The Hall–Kier alpha value is -2.64. The Balaban J connectivity index is 1.50. The molecule has 2 fully saturated rings. The van der Waals surface area contributed by atoms with E-state index in [0.29, 0.717) is 19.5 Å². The Morgan fingerprint density at radius 1 is 1.16 bits per heavy atom. The number of hydrogen-bond acceptors (Lipinski definition) is 5. The molecule has 2 aromatic rings.